The molecule has 0 aliphatic heterocycles. The van der Waals surface area contributed by atoms with Crippen LogP contribution in [0.25, 0.3) is 0 Å². The van der Waals surface area contributed by atoms with Crippen molar-refractivity contribution in [1.29, 1.82) is 0 Å². The summed E-state index contributed by atoms with van der Waals surface area (Å²) in [6, 6.07) is 9.08. The quantitative estimate of drug-likeness (QED) is 0.475. The van der Waals surface area contributed by atoms with Crippen molar-refractivity contribution in [2.24, 2.45) is 5.92 Å². The third kappa shape index (κ3) is 5.36. The lowest BCUT2D eigenvalue weighted by atomic mass is 9.77. The SMILES string of the molecule is CCC[C@H]1CC[C@H](c2ccc(C#C[Si](C)(C)C)cc2)CC1. The van der Waals surface area contributed by atoms with Crippen LogP contribution in [0, 0.1) is 17.4 Å². The molecular formula is C20H30Si. The van der Waals surface area contributed by atoms with Gasteiger partial charge in [-0.1, -0.05) is 57.5 Å². The van der Waals surface area contributed by atoms with Gasteiger partial charge in [0.2, 0.25) is 0 Å². The average molecular weight is 299 g/mol. The number of hydrogen-bond acceptors (Lipinski definition) is 0. The van der Waals surface area contributed by atoms with E-state index in [1.807, 2.05) is 0 Å². The lowest BCUT2D eigenvalue weighted by Crippen LogP contribution is -2.16. The monoisotopic (exact) mass is 298 g/mol. The fourth-order valence-electron chi connectivity index (χ4n) is 3.29. The van der Waals surface area contributed by atoms with Gasteiger partial charge < -0.3 is 0 Å². The first-order chi connectivity index (χ1) is 9.98. The fourth-order valence-corrected chi connectivity index (χ4v) is 3.81. The zero-order valence-corrected chi connectivity index (χ0v) is 15.2. The minimum absolute atomic E-state index is 0.789. The predicted molar refractivity (Wildman–Crippen MR) is 96.3 cm³/mol. The minimum Gasteiger partial charge on any atom is -0.127 e. The standard InChI is InChI=1S/C20H30Si/c1-5-6-17-7-11-19(12-8-17)20-13-9-18(10-14-20)15-16-21(2,3)4/h9-10,13-14,17,19H,5-8,11-12H2,1-4H3/t17-,19-. The summed E-state index contributed by atoms with van der Waals surface area (Å²) in [6.45, 7) is 9.20. The molecule has 1 aromatic rings. The van der Waals surface area contributed by atoms with Crippen molar-refractivity contribution in [3.05, 3.63) is 35.4 Å². The van der Waals surface area contributed by atoms with Gasteiger partial charge in [0.25, 0.3) is 0 Å². The highest BCUT2D eigenvalue weighted by molar-refractivity contribution is 6.83. The summed E-state index contributed by atoms with van der Waals surface area (Å²) >= 11 is 0. The van der Waals surface area contributed by atoms with E-state index < -0.39 is 8.07 Å². The maximum Gasteiger partial charge on any atom is 0.129 e. The van der Waals surface area contributed by atoms with Crippen LogP contribution in [0.5, 0.6) is 0 Å². The van der Waals surface area contributed by atoms with Gasteiger partial charge in [-0.3, -0.25) is 0 Å². The van der Waals surface area contributed by atoms with Crippen LogP contribution in [0.1, 0.15) is 62.5 Å². The highest BCUT2D eigenvalue weighted by Gasteiger charge is 2.21. The van der Waals surface area contributed by atoms with Gasteiger partial charge in [-0.2, -0.15) is 0 Å². The van der Waals surface area contributed by atoms with Crippen LogP contribution < -0.4 is 0 Å². The van der Waals surface area contributed by atoms with Crippen molar-refractivity contribution in [3.8, 4) is 11.5 Å². The third-order valence-corrected chi connectivity index (χ3v) is 5.38. The van der Waals surface area contributed by atoms with E-state index in [2.05, 4.69) is 62.3 Å². The molecule has 0 unspecified atom stereocenters. The highest BCUT2D eigenvalue weighted by Crippen LogP contribution is 2.37. The summed E-state index contributed by atoms with van der Waals surface area (Å²) in [6.07, 6.45) is 8.39. The smallest absolute Gasteiger partial charge is 0.127 e. The summed E-state index contributed by atoms with van der Waals surface area (Å²) in [4.78, 5) is 0. The van der Waals surface area contributed by atoms with E-state index in [0.29, 0.717) is 0 Å². The van der Waals surface area contributed by atoms with E-state index in [1.165, 1.54) is 49.7 Å². The molecule has 114 valence electrons. The zero-order chi connectivity index (χ0) is 15.3. The Morgan fingerprint density at radius 1 is 1.00 bits per heavy atom. The lowest BCUT2D eigenvalue weighted by molar-refractivity contribution is 0.308. The van der Waals surface area contributed by atoms with Crippen LogP contribution in [0.15, 0.2) is 24.3 Å². The van der Waals surface area contributed by atoms with Crippen molar-refractivity contribution >= 4 is 8.07 Å². The second-order valence-electron chi connectivity index (χ2n) is 7.63. The van der Waals surface area contributed by atoms with E-state index in [9.17, 15) is 0 Å². The first kappa shape index (κ1) is 16.4. The number of rotatable bonds is 3. The van der Waals surface area contributed by atoms with Crippen LogP contribution in [0.2, 0.25) is 19.6 Å². The maximum absolute atomic E-state index is 3.45. The highest BCUT2D eigenvalue weighted by atomic mass is 28.3. The van der Waals surface area contributed by atoms with Crippen LogP contribution in [0.3, 0.4) is 0 Å². The molecule has 1 aliphatic carbocycles. The first-order valence-corrected chi connectivity index (χ1v) is 12.1. The molecular weight excluding hydrogens is 268 g/mol. The Morgan fingerprint density at radius 3 is 2.14 bits per heavy atom. The Balaban J connectivity index is 1.95. The average Bonchev–Trinajstić information content (AvgIpc) is 2.46. The summed E-state index contributed by atoms with van der Waals surface area (Å²) in [5, 5.41) is 0. The molecule has 0 atom stereocenters. The first-order valence-electron chi connectivity index (χ1n) is 8.61. The van der Waals surface area contributed by atoms with E-state index in [1.54, 1.807) is 0 Å². The normalized spacial score (nSPS) is 22.5. The molecule has 0 saturated heterocycles. The van der Waals surface area contributed by atoms with Crippen molar-refractivity contribution in [2.75, 3.05) is 0 Å². The van der Waals surface area contributed by atoms with Crippen molar-refractivity contribution in [1.82, 2.24) is 0 Å². The summed E-state index contributed by atoms with van der Waals surface area (Å²) < 4.78 is 0. The maximum atomic E-state index is 3.45. The van der Waals surface area contributed by atoms with Crippen molar-refractivity contribution in [3.63, 3.8) is 0 Å². The summed E-state index contributed by atoms with van der Waals surface area (Å²) in [7, 11) is -1.26. The van der Waals surface area contributed by atoms with Gasteiger partial charge in [-0.15, -0.1) is 5.54 Å². The molecule has 1 heteroatoms. The van der Waals surface area contributed by atoms with Crippen LogP contribution in [-0.4, -0.2) is 8.07 Å². The Morgan fingerprint density at radius 2 is 1.62 bits per heavy atom. The molecule has 21 heavy (non-hydrogen) atoms. The Hall–Kier alpha value is -1.00. The summed E-state index contributed by atoms with van der Waals surface area (Å²) in [5.74, 6) is 5.13. The molecule has 0 spiro atoms. The van der Waals surface area contributed by atoms with Gasteiger partial charge in [0.1, 0.15) is 8.07 Å². The van der Waals surface area contributed by atoms with E-state index >= 15 is 0 Å². The second kappa shape index (κ2) is 7.32. The molecule has 0 amide bonds. The molecule has 0 nitrogen and oxygen atoms in total. The molecule has 0 bridgehead atoms. The van der Waals surface area contributed by atoms with Crippen molar-refractivity contribution < 1.29 is 0 Å². The predicted octanol–water partition coefficient (Wildman–Crippen LogP) is 5.99. The number of hydrogen-bond donors (Lipinski definition) is 0. The molecule has 0 N–H and O–H groups in total. The molecule has 1 aliphatic rings. The summed E-state index contributed by atoms with van der Waals surface area (Å²) in [5.41, 5.74) is 6.16. The largest absolute Gasteiger partial charge is 0.129 e. The Kier molecular flexibility index (Phi) is 5.70. The molecule has 0 aromatic heterocycles. The molecule has 0 heterocycles. The van der Waals surface area contributed by atoms with Gasteiger partial charge in [-0.05, 0) is 55.2 Å². The van der Waals surface area contributed by atoms with Gasteiger partial charge in [0.15, 0.2) is 0 Å². The van der Waals surface area contributed by atoms with Gasteiger partial charge >= 0.3 is 0 Å². The molecule has 1 fully saturated rings. The minimum atomic E-state index is -1.26. The lowest BCUT2D eigenvalue weighted by Gasteiger charge is -2.28. The molecule has 1 aromatic carbocycles. The number of benzene rings is 1. The van der Waals surface area contributed by atoms with Gasteiger partial charge in [-0.25, -0.2) is 0 Å². The van der Waals surface area contributed by atoms with Gasteiger partial charge in [0, 0.05) is 5.56 Å². The second-order valence-corrected chi connectivity index (χ2v) is 12.4. The van der Waals surface area contributed by atoms with Crippen LogP contribution in [0.4, 0.5) is 0 Å². The topological polar surface area (TPSA) is 0 Å². The van der Waals surface area contributed by atoms with E-state index in [-0.39, 0.29) is 0 Å². The van der Waals surface area contributed by atoms with Crippen LogP contribution >= 0.6 is 0 Å². The molecule has 1 saturated carbocycles. The van der Waals surface area contributed by atoms with E-state index in [0.717, 1.165) is 11.8 Å². The molecule has 0 radical (unpaired) electrons. The zero-order valence-electron chi connectivity index (χ0n) is 14.2. The van der Waals surface area contributed by atoms with E-state index in [4.69, 9.17) is 0 Å². The third-order valence-electron chi connectivity index (χ3n) is 4.51. The Bertz CT molecular complexity index is 487. The van der Waals surface area contributed by atoms with Gasteiger partial charge in [0.05, 0.1) is 0 Å². The van der Waals surface area contributed by atoms with Crippen LogP contribution in [-0.2, 0) is 0 Å². The molecule has 2 rings (SSSR count). The fraction of sp³-hybridized carbons (Fsp3) is 0.600. The Labute approximate surface area is 132 Å². The van der Waals surface area contributed by atoms with Crippen molar-refractivity contribution in [2.45, 2.75) is 71.0 Å².